The summed E-state index contributed by atoms with van der Waals surface area (Å²) in [4.78, 5) is 37.6. The number of thiophene rings is 1. The summed E-state index contributed by atoms with van der Waals surface area (Å²) in [7, 11) is 0. The molecule has 19 heavy (non-hydrogen) atoms. The zero-order valence-corrected chi connectivity index (χ0v) is 11.9. The average molecular weight is 281 g/mol. The number of carbonyl (C=O) groups excluding carboxylic acids is 3. The minimum atomic E-state index is -0.480. The normalized spacial score (nSPS) is 15.2. The number of carbonyl (C=O) groups is 3. The van der Waals surface area contributed by atoms with Crippen LogP contribution in [0.5, 0.6) is 0 Å². The lowest BCUT2D eigenvalue weighted by molar-refractivity contribution is -0.121. The van der Waals surface area contributed by atoms with E-state index < -0.39 is 5.97 Å². The second-order valence-corrected chi connectivity index (χ2v) is 5.51. The molecule has 0 N–H and O–H groups in total. The summed E-state index contributed by atoms with van der Waals surface area (Å²) in [5.41, 5.74) is 1.11. The molecule has 1 aromatic rings. The summed E-state index contributed by atoms with van der Waals surface area (Å²) < 4.78 is 5.01. The van der Waals surface area contributed by atoms with E-state index in [9.17, 15) is 14.4 Å². The topological polar surface area (TPSA) is 63.7 Å². The molecule has 0 spiro atoms. The van der Waals surface area contributed by atoms with Gasteiger partial charge in [0.25, 0.3) is 0 Å². The quantitative estimate of drug-likeness (QED) is 0.629. The van der Waals surface area contributed by atoms with Crippen molar-refractivity contribution < 1.29 is 19.1 Å². The second kappa shape index (κ2) is 5.13. The molecule has 2 amide bonds. The van der Waals surface area contributed by atoms with Crippen LogP contribution in [0.15, 0.2) is 0 Å². The molecule has 0 atom stereocenters. The Kier molecular flexibility index (Phi) is 3.71. The van der Waals surface area contributed by atoms with Gasteiger partial charge in [-0.1, -0.05) is 0 Å². The van der Waals surface area contributed by atoms with Gasteiger partial charge in [-0.05, 0) is 26.3 Å². The highest BCUT2D eigenvalue weighted by Crippen LogP contribution is 2.38. The van der Waals surface area contributed by atoms with E-state index in [1.807, 2.05) is 6.92 Å². The van der Waals surface area contributed by atoms with Crippen LogP contribution < -0.4 is 4.90 Å². The maximum atomic E-state index is 12.0. The summed E-state index contributed by atoms with van der Waals surface area (Å²) in [6.07, 6.45) is 0.411. The molecule has 1 aliphatic heterocycles. The van der Waals surface area contributed by atoms with E-state index in [2.05, 4.69) is 0 Å². The van der Waals surface area contributed by atoms with E-state index in [1.165, 1.54) is 11.3 Å². The molecule has 102 valence electrons. The van der Waals surface area contributed by atoms with E-state index in [-0.39, 0.29) is 31.3 Å². The van der Waals surface area contributed by atoms with Crippen LogP contribution in [0.3, 0.4) is 0 Å². The Labute approximate surface area is 115 Å². The van der Waals surface area contributed by atoms with Gasteiger partial charge in [0.15, 0.2) is 0 Å². The van der Waals surface area contributed by atoms with Crippen molar-refractivity contribution in [1.29, 1.82) is 0 Å². The van der Waals surface area contributed by atoms with E-state index in [4.69, 9.17) is 4.74 Å². The number of anilines is 1. The molecule has 2 rings (SSSR count). The number of amides is 2. The van der Waals surface area contributed by atoms with E-state index in [1.54, 1.807) is 13.8 Å². The summed E-state index contributed by atoms with van der Waals surface area (Å²) in [6, 6.07) is 0. The predicted octanol–water partition coefficient (Wildman–Crippen LogP) is 2.20. The highest BCUT2D eigenvalue weighted by Gasteiger charge is 2.35. The van der Waals surface area contributed by atoms with Gasteiger partial charge in [0, 0.05) is 17.7 Å². The number of hydrogen-bond donors (Lipinski definition) is 0. The van der Waals surface area contributed by atoms with Crippen LogP contribution in [0.1, 0.15) is 40.6 Å². The first-order valence-electron chi connectivity index (χ1n) is 6.10. The first-order valence-corrected chi connectivity index (χ1v) is 6.91. The molecule has 1 aromatic heterocycles. The maximum absolute atomic E-state index is 12.0. The van der Waals surface area contributed by atoms with Crippen LogP contribution in [0.25, 0.3) is 0 Å². The summed E-state index contributed by atoms with van der Waals surface area (Å²) >= 11 is 1.28. The van der Waals surface area contributed by atoms with Gasteiger partial charge in [0.2, 0.25) is 11.8 Å². The highest BCUT2D eigenvalue weighted by molar-refractivity contribution is 7.17. The third-order valence-electron chi connectivity index (χ3n) is 3.10. The monoisotopic (exact) mass is 281 g/mol. The molecule has 6 heteroatoms. The van der Waals surface area contributed by atoms with E-state index in [0.717, 1.165) is 15.3 Å². The van der Waals surface area contributed by atoms with Crippen molar-refractivity contribution >= 4 is 34.1 Å². The van der Waals surface area contributed by atoms with Gasteiger partial charge in [-0.3, -0.25) is 9.59 Å². The fourth-order valence-electron chi connectivity index (χ4n) is 2.01. The molecule has 0 bridgehead atoms. The lowest BCUT2D eigenvalue weighted by atomic mass is 10.1. The number of rotatable bonds is 3. The second-order valence-electron chi connectivity index (χ2n) is 4.31. The molecule has 0 aromatic carbocycles. The highest BCUT2D eigenvalue weighted by atomic mass is 32.1. The van der Waals surface area contributed by atoms with Crippen molar-refractivity contribution in [2.24, 2.45) is 0 Å². The van der Waals surface area contributed by atoms with Crippen LogP contribution in [0, 0.1) is 13.8 Å². The summed E-state index contributed by atoms with van der Waals surface area (Å²) in [6.45, 7) is 5.64. The Bertz CT molecular complexity index is 545. The smallest absolute Gasteiger partial charge is 0.341 e. The van der Waals surface area contributed by atoms with Gasteiger partial charge in [-0.2, -0.15) is 0 Å². The van der Waals surface area contributed by atoms with Crippen molar-refractivity contribution in [1.82, 2.24) is 0 Å². The lowest BCUT2D eigenvalue weighted by Crippen LogP contribution is -2.29. The van der Waals surface area contributed by atoms with Crippen molar-refractivity contribution in [2.45, 2.75) is 33.6 Å². The minimum Gasteiger partial charge on any atom is -0.462 e. The third kappa shape index (κ3) is 2.28. The van der Waals surface area contributed by atoms with Gasteiger partial charge in [-0.25, -0.2) is 9.69 Å². The first kappa shape index (κ1) is 13.7. The molecule has 0 saturated carbocycles. The van der Waals surface area contributed by atoms with Crippen molar-refractivity contribution in [3.05, 3.63) is 16.0 Å². The number of nitrogens with zero attached hydrogens (tertiary/aromatic N) is 1. The zero-order valence-electron chi connectivity index (χ0n) is 11.1. The molecule has 1 aliphatic rings. The van der Waals surface area contributed by atoms with Crippen molar-refractivity contribution in [3.8, 4) is 0 Å². The van der Waals surface area contributed by atoms with E-state index >= 15 is 0 Å². The molecule has 0 unspecified atom stereocenters. The Morgan fingerprint density at radius 3 is 2.37 bits per heavy atom. The summed E-state index contributed by atoms with van der Waals surface area (Å²) in [5.74, 6) is -0.986. The van der Waals surface area contributed by atoms with Gasteiger partial charge in [0.1, 0.15) is 5.00 Å². The van der Waals surface area contributed by atoms with Crippen LogP contribution >= 0.6 is 11.3 Å². The molecule has 0 radical (unpaired) electrons. The Hall–Kier alpha value is -1.69. The fourth-order valence-corrected chi connectivity index (χ4v) is 3.19. The number of ether oxygens (including phenoxy) is 1. The van der Waals surface area contributed by atoms with Crippen LogP contribution in [0.4, 0.5) is 5.00 Å². The standard InChI is InChI=1S/C13H15NO4S/c1-4-18-13(17)11-7(2)8(3)19-12(11)14-9(15)5-6-10(14)16/h4-6H2,1-3H3. The number of esters is 1. The lowest BCUT2D eigenvalue weighted by Gasteiger charge is -2.13. The SMILES string of the molecule is CCOC(=O)c1c(N2C(=O)CCC2=O)sc(C)c1C. The van der Waals surface area contributed by atoms with Gasteiger partial charge in [-0.15, -0.1) is 11.3 Å². The van der Waals surface area contributed by atoms with Gasteiger partial charge < -0.3 is 4.74 Å². The van der Waals surface area contributed by atoms with Crippen LogP contribution in [-0.2, 0) is 14.3 Å². The fraction of sp³-hybridized carbons (Fsp3) is 0.462. The van der Waals surface area contributed by atoms with Gasteiger partial charge >= 0.3 is 5.97 Å². The molecule has 2 heterocycles. The Morgan fingerprint density at radius 1 is 1.26 bits per heavy atom. The first-order chi connectivity index (χ1) is 8.97. The number of hydrogen-bond acceptors (Lipinski definition) is 5. The van der Waals surface area contributed by atoms with E-state index in [0.29, 0.717) is 10.6 Å². The predicted molar refractivity (Wildman–Crippen MR) is 71.5 cm³/mol. The minimum absolute atomic E-state index is 0.205. The Morgan fingerprint density at radius 2 is 1.84 bits per heavy atom. The zero-order chi connectivity index (χ0) is 14.2. The number of aryl methyl sites for hydroxylation is 1. The molecule has 0 aliphatic carbocycles. The Balaban J connectivity index is 2.51. The van der Waals surface area contributed by atoms with Gasteiger partial charge in [0.05, 0.1) is 12.2 Å². The number of imide groups is 1. The molecule has 1 fully saturated rings. The van der Waals surface area contributed by atoms with Crippen molar-refractivity contribution in [2.75, 3.05) is 11.5 Å². The third-order valence-corrected chi connectivity index (χ3v) is 4.29. The average Bonchev–Trinajstić information content (AvgIpc) is 2.81. The van der Waals surface area contributed by atoms with Crippen LogP contribution in [-0.4, -0.2) is 24.4 Å². The summed E-state index contributed by atoms with van der Waals surface area (Å²) in [5, 5.41) is 0.404. The molecular formula is C13H15NO4S. The van der Waals surface area contributed by atoms with Crippen LogP contribution in [0.2, 0.25) is 0 Å². The van der Waals surface area contributed by atoms with Crippen molar-refractivity contribution in [3.63, 3.8) is 0 Å². The maximum Gasteiger partial charge on any atom is 0.341 e. The molecule has 1 saturated heterocycles. The largest absolute Gasteiger partial charge is 0.462 e. The molecular weight excluding hydrogens is 266 g/mol. The molecule has 5 nitrogen and oxygen atoms in total.